The fraction of sp³-hybridized carbons (Fsp3) is 0.263. The van der Waals surface area contributed by atoms with Crippen LogP contribution in [0.25, 0.3) is 10.9 Å². The molecule has 3 heteroatoms. The van der Waals surface area contributed by atoms with Crippen LogP contribution in [0.5, 0.6) is 11.5 Å². The molecular weight excluding hydrogens is 274 g/mol. The lowest BCUT2D eigenvalue weighted by molar-refractivity contribution is 0.295. The van der Waals surface area contributed by atoms with E-state index >= 15 is 0 Å². The second kappa shape index (κ2) is 6.14. The zero-order valence-electron chi connectivity index (χ0n) is 13.3. The molecule has 0 saturated carbocycles. The number of benzene rings is 2. The zero-order valence-corrected chi connectivity index (χ0v) is 13.3. The van der Waals surface area contributed by atoms with Crippen LogP contribution in [0.2, 0.25) is 0 Å². The molecule has 1 heterocycles. The van der Waals surface area contributed by atoms with E-state index in [2.05, 4.69) is 42.7 Å². The Morgan fingerprint density at radius 1 is 0.955 bits per heavy atom. The van der Waals surface area contributed by atoms with Gasteiger partial charge in [-0.1, -0.05) is 12.1 Å². The third kappa shape index (κ3) is 2.80. The van der Waals surface area contributed by atoms with E-state index in [1.54, 1.807) is 7.11 Å². The van der Waals surface area contributed by atoms with Crippen molar-refractivity contribution in [2.75, 3.05) is 7.11 Å². The third-order valence-electron chi connectivity index (χ3n) is 3.91. The SMILES string of the molecule is CCn1c(COc2ccc(OC)cc2)cc2ccc(C)cc21. The van der Waals surface area contributed by atoms with Crippen molar-refractivity contribution >= 4 is 10.9 Å². The second-order valence-electron chi connectivity index (χ2n) is 5.41. The van der Waals surface area contributed by atoms with Gasteiger partial charge in [0.05, 0.1) is 12.8 Å². The number of nitrogens with zero attached hydrogens (tertiary/aromatic N) is 1. The molecule has 0 unspecified atom stereocenters. The van der Waals surface area contributed by atoms with Crippen molar-refractivity contribution in [2.45, 2.75) is 27.0 Å². The quantitative estimate of drug-likeness (QED) is 0.689. The Labute approximate surface area is 131 Å². The van der Waals surface area contributed by atoms with Gasteiger partial charge in [0.1, 0.15) is 18.1 Å². The highest BCUT2D eigenvalue weighted by molar-refractivity contribution is 5.82. The zero-order chi connectivity index (χ0) is 15.5. The van der Waals surface area contributed by atoms with Gasteiger partial charge in [-0.05, 0) is 55.8 Å². The van der Waals surface area contributed by atoms with Crippen molar-refractivity contribution in [3.8, 4) is 11.5 Å². The molecule has 0 N–H and O–H groups in total. The molecule has 0 bridgehead atoms. The maximum absolute atomic E-state index is 5.92. The molecule has 2 aromatic carbocycles. The average molecular weight is 295 g/mol. The summed E-state index contributed by atoms with van der Waals surface area (Å²) in [6.45, 7) is 5.79. The van der Waals surface area contributed by atoms with Gasteiger partial charge in [0.25, 0.3) is 0 Å². The molecule has 3 aromatic rings. The van der Waals surface area contributed by atoms with Crippen LogP contribution in [0.15, 0.2) is 48.5 Å². The van der Waals surface area contributed by atoms with Gasteiger partial charge in [0.2, 0.25) is 0 Å². The summed E-state index contributed by atoms with van der Waals surface area (Å²) in [5.74, 6) is 1.69. The van der Waals surface area contributed by atoms with E-state index < -0.39 is 0 Å². The summed E-state index contributed by atoms with van der Waals surface area (Å²) >= 11 is 0. The number of rotatable bonds is 5. The molecule has 1 aromatic heterocycles. The van der Waals surface area contributed by atoms with Gasteiger partial charge < -0.3 is 14.0 Å². The maximum Gasteiger partial charge on any atom is 0.128 e. The number of aromatic nitrogens is 1. The first kappa shape index (κ1) is 14.5. The van der Waals surface area contributed by atoms with E-state index in [0.717, 1.165) is 18.0 Å². The third-order valence-corrected chi connectivity index (χ3v) is 3.91. The lowest BCUT2D eigenvalue weighted by Crippen LogP contribution is -2.04. The number of methoxy groups -OCH3 is 1. The minimum absolute atomic E-state index is 0.563. The molecule has 0 saturated heterocycles. The summed E-state index contributed by atoms with van der Waals surface area (Å²) in [6.07, 6.45) is 0. The highest BCUT2D eigenvalue weighted by Gasteiger charge is 2.08. The second-order valence-corrected chi connectivity index (χ2v) is 5.41. The fourth-order valence-corrected chi connectivity index (χ4v) is 2.74. The monoisotopic (exact) mass is 295 g/mol. The van der Waals surface area contributed by atoms with Gasteiger partial charge in [0.15, 0.2) is 0 Å². The molecule has 114 valence electrons. The Balaban J connectivity index is 1.83. The molecule has 22 heavy (non-hydrogen) atoms. The predicted octanol–water partition coefficient (Wildman–Crippen LogP) is 4.56. The summed E-state index contributed by atoms with van der Waals surface area (Å²) in [4.78, 5) is 0. The minimum Gasteiger partial charge on any atom is -0.497 e. The van der Waals surface area contributed by atoms with Crippen molar-refractivity contribution in [1.82, 2.24) is 4.57 Å². The first-order valence-corrected chi connectivity index (χ1v) is 7.57. The standard InChI is InChI=1S/C19H21NO2/c1-4-20-16(12-15-6-5-14(2)11-19(15)20)13-22-18-9-7-17(21-3)8-10-18/h5-12H,4,13H2,1-3H3. The number of aryl methyl sites for hydroxylation is 2. The predicted molar refractivity (Wildman–Crippen MR) is 89.7 cm³/mol. The molecule has 0 aliphatic rings. The van der Waals surface area contributed by atoms with Crippen LogP contribution in [0, 0.1) is 6.92 Å². The lowest BCUT2D eigenvalue weighted by atomic mass is 10.2. The Morgan fingerprint density at radius 2 is 1.68 bits per heavy atom. The number of hydrogen-bond donors (Lipinski definition) is 0. The minimum atomic E-state index is 0.563. The lowest BCUT2D eigenvalue weighted by Gasteiger charge is -2.10. The van der Waals surface area contributed by atoms with Crippen molar-refractivity contribution in [3.63, 3.8) is 0 Å². The maximum atomic E-state index is 5.92. The number of hydrogen-bond acceptors (Lipinski definition) is 2. The molecule has 3 nitrogen and oxygen atoms in total. The fourth-order valence-electron chi connectivity index (χ4n) is 2.74. The normalized spacial score (nSPS) is 10.9. The highest BCUT2D eigenvalue weighted by Crippen LogP contribution is 2.23. The first-order chi connectivity index (χ1) is 10.7. The van der Waals surface area contributed by atoms with E-state index in [1.807, 2.05) is 24.3 Å². The van der Waals surface area contributed by atoms with E-state index in [1.165, 1.54) is 22.2 Å². The molecule has 0 atom stereocenters. The van der Waals surface area contributed by atoms with E-state index in [9.17, 15) is 0 Å². The summed E-state index contributed by atoms with van der Waals surface area (Å²) in [5.41, 5.74) is 3.75. The van der Waals surface area contributed by atoms with Crippen LogP contribution in [0.3, 0.4) is 0 Å². The molecular formula is C19H21NO2. The van der Waals surface area contributed by atoms with Gasteiger partial charge in [0, 0.05) is 17.4 Å². The molecule has 0 spiro atoms. The molecule has 0 amide bonds. The topological polar surface area (TPSA) is 23.4 Å². The van der Waals surface area contributed by atoms with Crippen molar-refractivity contribution in [2.24, 2.45) is 0 Å². The van der Waals surface area contributed by atoms with Gasteiger partial charge in [-0.15, -0.1) is 0 Å². The Kier molecular flexibility index (Phi) is 4.05. The van der Waals surface area contributed by atoms with E-state index in [-0.39, 0.29) is 0 Å². The smallest absolute Gasteiger partial charge is 0.128 e. The summed E-state index contributed by atoms with van der Waals surface area (Å²) in [5, 5.41) is 1.26. The molecule has 0 fully saturated rings. The van der Waals surface area contributed by atoms with Gasteiger partial charge >= 0.3 is 0 Å². The van der Waals surface area contributed by atoms with Crippen molar-refractivity contribution in [3.05, 3.63) is 59.8 Å². The van der Waals surface area contributed by atoms with Gasteiger partial charge in [-0.25, -0.2) is 0 Å². The van der Waals surface area contributed by atoms with Gasteiger partial charge in [-0.3, -0.25) is 0 Å². The van der Waals surface area contributed by atoms with Crippen molar-refractivity contribution < 1.29 is 9.47 Å². The number of ether oxygens (including phenoxy) is 2. The Morgan fingerprint density at radius 3 is 2.36 bits per heavy atom. The number of fused-ring (bicyclic) bond motifs is 1. The molecule has 0 aliphatic heterocycles. The van der Waals surface area contributed by atoms with Crippen molar-refractivity contribution in [1.29, 1.82) is 0 Å². The van der Waals surface area contributed by atoms with Crippen LogP contribution in [-0.4, -0.2) is 11.7 Å². The van der Waals surface area contributed by atoms with E-state index in [4.69, 9.17) is 9.47 Å². The average Bonchev–Trinajstić information content (AvgIpc) is 2.90. The molecule has 0 radical (unpaired) electrons. The summed E-state index contributed by atoms with van der Waals surface area (Å²) < 4.78 is 13.4. The van der Waals surface area contributed by atoms with Gasteiger partial charge in [-0.2, -0.15) is 0 Å². The van der Waals surface area contributed by atoms with Crippen LogP contribution in [0.1, 0.15) is 18.2 Å². The van der Waals surface area contributed by atoms with Crippen LogP contribution in [-0.2, 0) is 13.2 Å². The molecule has 3 rings (SSSR count). The molecule has 0 aliphatic carbocycles. The van der Waals surface area contributed by atoms with Crippen LogP contribution >= 0.6 is 0 Å². The summed E-state index contributed by atoms with van der Waals surface area (Å²) in [6, 6.07) is 16.5. The van der Waals surface area contributed by atoms with Crippen LogP contribution < -0.4 is 9.47 Å². The Bertz CT molecular complexity index is 772. The Hall–Kier alpha value is -2.42. The largest absolute Gasteiger partial charge is 0.497 e. The highest BCUT2D eigenvalue weighted by atomic mass is 16.5. The van der Waals surface area contributed by atoms with E-state index in [0.29, 0.717) is 6.61 Å². The van der Waals surface area contributed by atoms with Crippen LogP contribution in [0.4, 0.5) is 0 Å². The first-order valence-electron chi connectivity index (χ1n) is 7.57. The summed E-state index contributed by atoms with van der Waals surface area (Å²) in [7, 11) is 1.66.